The molecule has 2 heterocycles. The summed E-state index contributed by atoms with van der Waals surface area (Å²) in [6.07, 6.45) is 4.02. The molecule has 2 aromatic rings. The molecular formula is C16H18N4O2S. The Bertz CT molecular complexity index is 693. The molecule has 1 aliphatic heterocycles. The highest BCUT2D eigenvalue weighted by Gasteiger charge is 2.21. The van der Waals surface area contributed by atoms with Gasteiger partial charge >= 0.3 is 5.97 Å². The smallest absolute Gasteiger partial charge is 0.330 e. The van der Waals surface area contributed by atoms with E-state index in [1.807, 2.05) is 18.2 Å². The number of esters is 1. The molecule has 0 atom stereocenters. The second-order valence-corrected chi connectivity index (χ2v) is 6.19. The lowest BCUT2D eigenvalue weighted by atomic mass is 10.1. The molecule has 0 radical (unpaired) electrons. The van der Waals surface area contributed by atoms with Gasteiger partial charge in [0.15, 0.2) is 0 Å². The van der Waals surface area contributed by atoms with E-state index in [4.69, 9.17) is 0 Å². The minimum atomic E-state index is -0.356. The van der Waals surface area contributed by atoms with Crippen LogP contribution in [0.25, 0.3) is 6.08 Å². The van der Waals surface area contributed by atoms with Crippen molar-refractivity contribution in [3.8, 4) is 0 Å². The largest absolute Gasteiger partial charge is 0.466 e. The average molecular weight is 330 g/mol. The molecule has 0 aliphatic carbocycles. The third-order valence-corrected chi connectivity index (χ3v) is 4.58. The van der Waals surface area contributed by atoms with E-state index in [1.54, 1.807) is 17.4 Å². The molecule has 23 heavy (non-hydrogen) atoms. The summed E-state index contributed by atoms with van der Waals surface area (Å²) in [5, 5.41) is 0. The molecule has 6 nitrogen and oxygen atoms in total. The highest BCUT2D eigenvalue weighted by Crippen LogP contribution is 2.30. The van der Waals surface area contributed by atoms with Crippen molar-refractivity contribution < 1.29 is 9.53 Å². The van der Waals surface area contributed by atoms with Gasteiger partial charge in [0.05, 0.1) is 7.11 Å². The Morgan fingerprint density at radius 2 is 2.00 bits per heavy atom. The maximum atomic E-state index is 11.3. The van der Waals surface area contributed by atoms with Crippen molar-refractivity contribution in [1.82, 2.24) is 21.9 Å². The number of carbonyl (C=O) groups is 1. The number of thiophene rings is 1. The van der Waals surface area contributed by atoms with Gasteiger partial charge in [0.1, 0.15) is 6.17 Å². The summed E-state index contributed by atoms with van der Waals surface area (Å²) in [7, 11) is 1.37. The van der Waals surface area contributed by atoms with Crippen LogP contribution in [0.5, 0.6) is 0 Å². The van der Waals surface area contributed by atoms with Crippen LogP contribution in [0.4, 0.5) is 0 Å². The Labute approximate surface area is 138 Å². The van der Waals surface area contributed by atoms with E-state index < -0.39 is 0 Å². The van der Waals surface area contributed by atoms with E-state index in [9.17, 15) is 4.79 Å². The van der Waals surface area contributed by atoms with Crippen molar-refractivity contribution in [2.75, 3.05) is 7.11 Å². The first kappa shape index (κ1) is 15.9. The van der Waals surface area contributed by atoms with E-state index in [2.05, 4.69) is 44.9 Å². The first-order chi connectivity index (χ1) is 11.3. The predicted octanol–water partition coefficient (Wildman–Crippen LogP) is 1.64. The number of rotatable bonds is 5. The molecule has 1 aromatic heterocycles. The van der Waals surface area contributed by atoms with Crippen molar-refractivity contribution in [3.63, 3.8) is 0 Å². The Kier molecular flexibility index (Phi) is 5.16. The summed E-state index contributed by atoms with van der Waals surface area (Å²) < 4.78 is 4.64. The molecule has 0 amide bonds. The number of hydrogen-bond acceptors (Lipinski definition) is 7. The number of carbonyl (C=O) groups excluding carboxylic acids is 1. The zero-order valence-electron chi connectivity index (χ0n) is 12.6. The third kappa shape index (κ3) is 4.04. The molecule has 7 heteroatoms. The Morgan fingerprint density at radius 3 is 2.70 bits per heavy atom. The number of hydrazine groups is 3. The van der Waals surface area contributed by atoms with E-state index in [0.29, 0.717) is 0 Å². The molecule has 0 spiro atoms. The molecule has 1 aliphatic rings. The fourth-order valence-corrected chi connectivity index (χ4v) is 3.48. The summed E-state index contributed by atoms with van der Waals surface area (Å²) >= 11 is 1.66. The van der Waals surface area contributed by atoms with Gasteiger partial charge in [-0.05, 0) is 17.7 Å². The van der Waals surface area contributed by atoms with Crippen LogP contribution >= 0.6 is 11.3 Å². The molecule has 1 aromatic carbocycles. The van der Waals surface area contributed by atoms with Crippen molar-refractivity contribution >= 4 is 23.4 Å². The minimum absolute atomic E-state index is 0.0368. The monoisotopic (exact) mass is 330 g/mol. The van der Waals surface area contributed by atoms with Crippen molar-refractivity contribution in [3.05, 3.63) is 63.4 Å². The SMILES string of the molecule is COC(=O)/C=C/c1cc(C2NNNN2)c(Cc2ccccc2)s1. The predicted molar refractivity (Wildman–Crippen MR) is 89.9 cm³/mol. The van der Waals surface area contributed by atoms with Gasteiger partial charge in [-0.2, -0.15) is 11.1 Å². The van der Waals surface area contributed by atoms with Gasteiger partial charge in [-0.15, -0.1) is 11.3 Å². The second kappa shape index (κ2) is 7.49. The van der Waals surface area contributed by atoms with Crippen LogP contribution in [-0.2, 0) is 16.0 Å². The van der Waals surface area contributed by atoms with Crippen LogP contribution in [0.15, 0.2) is 42.5 Å². The maximum Gasteiger partial charge on any atom is 0.330 e. The molecular weight excluding hydrogens is 312 g/mol. The number of hydrogen-bond donors (Lipinski definition) is 4. The lowest BCUT2D eigenvalue weighted by Gasteiger charge is -2.10. The summed E-state index contributed by atoms with van der Waals surface area (Å²) in [5.74, 6) is -0.356. The standard InChI is InChI=1S/C16H18N4O2S/c1-22-15(21)8-7-12-10-13(16-17-19-20-18-16)14(23-12)9-11-5-3-2-4-6-11/h2-8,10,16-20H,9H2,1H3/b8-7+. The van der Waals surface area contributed by atoms with Gasteiger partial charge in [0.2, 0.25) is 0 Å². The molecule has 120 valence electrons. The Hall–Kier alpha value is -2.03. The van der Waals surface area contributed by atoms with Crippen LogP contribution in [0, 0.1) is 0 Å². The summed E-state index contributed by atoms with van der Waals surface area (Å²) in [5.41, 5.74) is 14.3. The summed E-state index contributed by atoms with van der Waals surface area (Å²) in [6.45, 7) is 0. The minimum Gasteiger partial charge on any atom is -0.466 e. The Morgan fingerprint density at radius 1 is 1.26 bits per heavy atom. The zero-order chi connectivity index (χ0) is 16.1. The van der Waals surface area contributed by atoms with Crippen molar-refractivity contribution in [2.24, 2.45) is 0 Å². The molecule has 0 unspecified atom stereocenters. The lowest BCUT2D eigenvalue weighted by Crippen LogP contribution is -2.33. The fraction of sp³-hybridized carbons (Fsp3) is 0.188. The van der Waals surface area contributed by atoms with E-state index in [0.717, 1.165) is 16.9 Å². The molecule has 0 saturated carbocycles. The van der Waals surface area contributed by atoms with Gasteiger partial charge in [-0.1, -0.05) is 30.3 Å². The first-order valence-electron chi connectivity index (χ1n) is 7.20. The van der Waals surface area contributed by atoms with Crippen molar-refractivity contribution in [1.29, 1.82) is 0 Å². The number of methoxy groups -OCH3 is 1. The first-order valence-corrected chi connectivity index (χ1v) is 8.01. The third-order valence-electron chi connectivity index (χ3n) is 3.46. The van der Waals surface area contributed by atoms with Gasteiger partial charge in [-0.3, -0.25) is 0 Å². The van der Waals surface area contributed by atoms with Crippen LogP contribution in [-0.4, -0.2) is 13.1 Å². The van der Waals surface area contributed by atoms with Gasteiger partial charge in [0.25, 0.3) is 0 Å². The van der Waals surface area contributed by atoms with E-state index >= 15 is 0 Å². The van der Waals surface area contributed by atoms with Crippen LogP contribution < -0.4 is 21.9 Å². The van der Waals surface area contributed by atoms with E-state index in [-0.39, 0.29) is 12.1 Å². The Balaban J connectivity index is 1.87. The molecule has 4 N–H and O–H groups in total. The van der Waals surface area contributed by atoms with Crippen LogP contribution in [0.2, 0.25) is 0 Å². The van der Waals surface area contributed by atoms with Gasteiger partial charge in [-0.25, -0.2) is 15.6 Å². The molecule has 1 fully saturated rings. The second-order valence-electron chi connectivity index (χ2n) is 5.02. The highest BCUT2D eigenvalue weighted by atomic mass is 32.1. The van der Waals surface area contributed by atoms with Crippen molar-refractivity contribution in [2.45, 2.75) is 12.6 Å². The molecule has 3 rings (SSSR count). The van der Waals surface area contributed by atoms with Gasteiger partial charge in [0, 0.05) is 27.8 Å². The van der Waals surface area contributed by atoms with E-state index in [1.165, 1.54) is 23.6 Å². The quantitative estimate of drug-likeness (QED) is 0.493. The molecule has 1 saturated heterocycles. The molecule has 0 bridgehead atoms. The normalized spacial score (nSPS) is 15.3. The maximum absolute atomic E-state index is 11.3. The van der Waals surface area contributed by atoms with Crippen LogP contribution in [0.3, 0.4) is 0 Å². The lowest BCUT2D eigenvalue weighted by molar-refractivity contribution is -0.134. The topological polar surface area (TPSA) is 74.4 Å². The zero-order valence-corrected chi connectivity index (χ0v) is 13.4. The van der Waals surface area contributed by atoms with Crippen LogP contribution in [0.1, 0.15) is 27.0 Å². The van der Waals surface area contributed by atoms with Gasteiger partial charge < -0.3 is 4.74 Å². The average Bonchev–Trinajstić information content (AvgIpc) is 3.23. The number of ether oxygens (including phenoxy) is 1. The number of nitrogens with one attached hydrogen (secondary N) is 4. The number of benzene rings is 1. The summed E-state index contributed by atoms with van der Waals surface area (Å²) in [4.78, 5) is 13.5. The summed E-state index contributed by atoms with van der Waals surface area (Å²) in [6, 6.07) is 12.4. The fourth-order valence-electron chi connectivity index (χ4n) is 2.34. The highest BCUT2D eigenvalue weighted by molar-refractivity contribution is 7.13.